The molecule has 0 fully saturated rings. The summed E-state index contributed by atoms with van der Waals surface area (Å²) in [5, 5.41) is 13.2. The second kappa shape index (κ2) is 12.7. The SMILES string of the molecule is CCOc1ccc(NC(=O)/C(C#N)=C/c2cc(Cl)c(OCc3ccc(Cl)cc3)c(OCC)c2)cc1. The van der Waals surface area contributed by atoms with Crippen LogP contribution in [0, 0.1) is 11.3 Å². The predicted octanol–water partition coefficient (Wildman–Crippen LogP) is 6.92. The quantitative estimate of drug-likeness (QED) is 0.236. The van der Waals surface area contributed by atoms with Crippen LogP contribution in [-0.2, 0) is 11.4 Å². The Hall–Kier alpha value is -3.66. The Bertz CT molecular complexity index is 1230. The van der Waals surface area contributed by atoms with Crippen molar-refractivity contribution in [2.24, 2.45) is 0 Å². The van der Waals surface area contributed by atoms with E-state index >= 15 is 0 Å². The van der Waals surface area contributed by atoms with Crippen molar-refractivity contribution >= 4 is 40.9 Å². The first-order chi connectivity index (χ1) is 16.9. The van der Waals surface area contributed by atoms with Gasteiger partial charge in [0.05, 0.1) is 18.2 Å². The number of amides is 1. The minimum atomic E-state index is -0.547. The molecular weight excluding hydrogens is 487 g/mol. The van der Waals surface area contributed by atoms with Crippen LogP contribution in [0.3, 0.4) is 0 Å². The summed E-state index contributed by atoms with van der Waals surface area (Å²) in [6.07, 6.45) is 1.45. The van der Waals surface area contributed by atoms with Crippen LogP contribution in [0.2, 0.25) is 10.0 Å². The monoisotopic (exact) mass is 510 g/mol. The zero-order valence-corrected chi connectivity index (χ0v) is 20.8. The molecule has 3 aromatic rings. The first kappa shape index (κ1) is 26.0. The van der Waals surface area contributed by atoms with Crippen molar-refractivity contribution in [2.75, 3.05) is 18.5 Å². The van der Waals surface area contributed by atoms with Gasteiger partial charge in [0.2, 0.25) is 0 Å². The molecule has 1 N–H and O–H groups in total. The van der Waals surface area contributed by atoms with Crippen LogP contribution >= 0.6 is 23.2 Å². The lowest BCUT2D eigenvalue weighted by Gasteiger charge is -2.15. The minimum absolute atomic E-state index is 0.0905. The molecule has 0 bridgehead atoms. The Balaban J connectivity index is 1.79. The zero-order valence-electron chi connectivity index (χ0n) is 19.3. The molecule has 1 amide bonds. The van der Waals surface area contributed by atoms with Gasteiger partial charge in [0, 0.05) is 10.7 Å². The number of ether oxygens (including phenoxy) is 3. The normalized spacial score (nSPS) is 10.9. The maximum absolute atomic E-state index is 12.7. The number of nitriles is 1. The number of benzene rings is 3. The van der Waals surface area contributed by atoms with Crippen molar-refractivity contribution in [2.45, 2.75) is 20.5 Å². The maximum atomic E-state index is 12.7. The standard InChI is InChI=1S/C27H24Cl2N2O4/c1-3-33-23-11-9-22(10-12-23)31-27(32)20(16-30)13-19-14-24(29)26(25(15-19)34-4-2)35-17-18-5-7-21(28)8-6-18/h5-15H,3-4,17H2,1-2H3,(H,31,32)/b20-13+. The van der Waals surface area contributed by atoms with E-state index in [-0.39, 0.29) is 12.2 Å². The van der Waals surface area contributed by atoms with Gasteiger partial charge < -0.3 is 19.5 Å². The molecule has 0 aliphatic carbocycles. The van der Waals surface area contributed by atoms with Crippen molar-refractivity contribution in [3.63, 3.8) is 0 Å². The van der Waals surface area contributed by atoms with Crippen LogP contribution in [-0.4, -0.2) is 19.1 Å². The van der Waals surface area contributed by atoms with Crippen molar-refractivity contribution in [3.8, 4) is 23.3 Å². The smallest absolute Gasteiger partial charge is 0.266 e. The summed E-state index contributed by atoms with van der Waals surface area (Å²) in [7, 11) is 0. The third-order valence-corrected chi connectivity index (χ3v) is 5.26. The molecule has 0 spiro atoms. The summed E-state index contributed by atoms with van der Waals surface area (Å²) in [4.78, 5) is 12.7. The van der Waals surface area contributed by atoms with Crippen LogP contribution in [0.5, 0.6) is 17.2 Å². The molecule has 0 aliphatic heterocycles. The van der Waals surface area contributed by atoms with Crippen molar-refractivity contribution in [1.29, 1.82) is 5.26 Å². The highest BCUT2D eigenvalue weighted by molar-refractivity contribution is 6.32. The number of carbonyl (C=O) groups is 1. The highest BCUT2D eigenvalue weighted by Crippen LogP contribution is 2.38. The number of hydrogen-bond acceptors (Lipinski definition) is 5. The van der Waals surface area contributed by atoms with E-state index in [0.717, 1.165) is 5.56 Å². The van der Waals surface area contributed by atoms with Gasteiger partial charge in [-0.15, -0.1) is 0 Å². The van der Waals surface area contributed by atoms with Crippen molar-refractivity contribution in [1.82, 2.24) is 0 Å². The topological polar surface area (TPSA) is 80.6 Å². The highest BCUT2D eigenvalue weighted by atomic mass is 35.5. The van der Waals surface area contributed by atoms with Gasteiger partial charge in [-0.05, 0) is 79.6 Å². The molecule has 3 rings (SSSR count). The fourth-order valence-corrected chi connectivity index (χ4v) is 3.52. The molecule has 0 heterocycles. The number of halogens is 2. The third kappa shape index (κ3) is 7.41. The van der Waals surface area contributed by atoms with E-state index in [2.05, 4.69) is 5.32 Å². The number of carbonyl (C=O) groups excluding carboxylic acids is 1. The minimum Gasteiger partial charge on any atom is -0.494 e. The van der Waals surface area contributed by atoms with Gasteiger partial charge in [0.25, 0.3) is 5.91 Å². The van der Waals surface area contributed by atoms with E-state index in [9.17, 15) is 10.1 Å². The average molecular weight is 511 g/mol. The summed E-state index contributed by atoms with van der Waals surface area (Å²) in [5.74, 6) is 0.925. The van der Waals surface area contributed by atoms with E-state index in [0.29, 0.717) is 51.8 Å². The van der Waals surface area contributed by atoms with E-state index in [1.54, 1.807) is 48.5 Å². The second-order valence-corrected chi connectivity index (χ2v) is 8.10. The molecule has 0 unspecified atom stereocenters. The van der Waals surface area contributed by atoms with Crippen LogP contribution in [0.15, 0.2) is 66.2 Å². The average Bonchev–Trinajstić information content (AvgIpc) is 2.84. The third-order valence-electron chi connectivity index (χ3n) is 4.73. The number of nitrogens with zero attached hydrogens (tertiary/aromatic N) is 1. The van der Waals surface area contributed by atoms with E-state index < -0.39 is 5.91 Å². The van der Waals surface area contributed by atoms with Crippen molar-refractivity contribution in [3.05, 3.63) is 87.4 Å². The van der Waals surface area contributed by atoms with Gasteiger partial charge >= 0.3 is 0 Å². The lowest BCUT2D eigenvalue weighted by Crippen LogP contribution is -2.13. The molecule has 0 aromatic heterocycles. The van der Waals surface area contributed by atoms with Crippen LogP contribution in [0.4, 0.5) is 5.69 Å². The van der Waals surface area contributed by atoms with Gasteiger partial charge in [-0.2, -0.15) is 5.26 Å². The van der Waals surface area contributed by atoms with E-state index in [1.807, 2.05) is 32.0 Å². The molecule has 3 aromatic carbocycles. The number of nitrogens with one attached hydrogen (secondary N) is 1. The lowest BCUT2D eigenvalue weighted by molar-refractivity contribution is -0.112. The molecule has 180 valence electrons. The molecule has 0 saturated carbocycles. The highest BCUT2D eigenvalue weighted by Gasteiger charge is 2.15. The molecule has 0 atom stereocenters. The Morgan fingerprint density at radius 2 is 1.66 bits per heavy atom. The molecule has 35 heavy (non-hydrogen) atoms. The number of anilines is 1. The van der Waals surface area contributed by atoms with Gasteiger partial charge in [-0.1, -0.05) is 35.3 Å². The predicted molar refractivity (Wildman–Crippen MR) is 138 cm³/mol. The summed E-state index contributed by atoms with van der Waals surface area (Å²) in [6, 6.07) is 19.4. The van der Waals surface area contributed by atoms with E-state index in [1.165, 1.54) is 6.08 Å². The molecule has 0 radical (unpaired) electrons. The summed E-state index contributed by atoms with van der Waals surface area (Å²) in [5.41, 5.74) is 1.89. The van der Waals surface area contributed by atoms with Gasteiger partial charge in [0.15, 0.2) is 11.5 Å². The molecular formula is C27H24Cl2N2O4. The molecule has 6 nitrogen and oxygen atoms in total. The van der Waals surface area contributed by atoms with Gasteiger partial charge in [-0.3, -0.25) is 4.79 Å². The van der Waals surface area contributed by atoms with Gasteiger partial charge in [0.1, 0.15) is 24.0 Å². The Kier molecular flexibility index (Phi) is 9.42. The van der Waals surface area contributed by atoms with E-state index in [4.69, 9.17) is 37.4 Å². The molecule has 0 aliphatic rings. The zero-order chi connectivity index (χ0) is 25.2. The van der Waals surface area contributed by atoms with Gasteiger partial charge in [-0.25, -0.2) is 0 Å². The summed E-state index contributed by atoms with van der Waals surface area (Å²) < 4.78 is 17.0. The first-order valence-electron chi connectivity index (χ1n) is 10.9. The Morgan fingerprint density at radius 1 is 0.971 bits per heavy atom. The lowest BCUT2D eigenvalue weighted by atomic mass is 10.1. The van der Waals surface area contributed by atoms with Crippen LogP contribution in [0.25, 0.3) is 6.08 Å². The maximum Gasteiger partial charge on any atom is 0.266 e. The Labute approximate surface area is 214 Å². The second-order valence-electron chi connectivity index (χ2n) is 7.26. The largest absolute Gasteiger partial charge is 0.494 e. The fraction of sp³-hybridized carbons (Fsp3) is 0.185. The summed E-state index contributed by atoms with van der Waals surface area (Å²) >= 11 is 12.4. The van der Waals surface area contributed by atoms with Crippen molar-refractivity contribution < 1.29 is 19.0 Å². The summed E-state index contributed by atoms with van der Waals surface area (Å²) in [6.45, 7) is 4.92. The first-order valence-corrected chi connectivity index (χ1v) is 11.7. The number of hydrogen-bond donors (Lipinski definition) is 1. The Morgan fingerprint density at radius 3 is 2.29 bits per heavy atom. The molecule has 0 saturated heterocycles. The number of rotatable bonds is 10. The molecule has 8 heteroatoms. The van der Waals surface area contributed by atoms with Crippen LogP contribution in [0.1, 0.15) is 25.0 Å². The fourth-order valence-electron chi connectivity index (χ4n) is 3.13. The van der Waals surface area contributed by atoms with Crippen LogP contribution < -0.4 is 19.5 Å².